The molecule has 66 valence electrons. The number of amides is 1. The lowest BCUT2D eigenvalue weighted by Gasteiger charge is -2.10. The Bertz CT molecular complexity index is 204. The van der Waals surface area contributed by atoms with Crippen LogP contribution < -0.4 is 0 Å². The van der Waals surface area contributed by atoms with Crippen molar-refractivity contribution < 1.29 is 4.79 Å². The number of carbonyl (C=O) groups is 1. The topological polar surface area (TPSA) is 20.3 Å². The van der Waals surface area contributed by atoms with Gasteiger partial charge in [0.15, 0.2) is 0 Å². The van der Waals surface area contributed by atoms with Crippen LogP contribution in [0.5, 0.6) is 0 Å². The summed E-state index contributed by atoms with van der Waals surface area (Å²) in [6, 6.07) is 0. The second-order valence-electron chi connectivity index (χ2n) is 2.48. The molecule has 0 aromatic carbocycles. The van der Waals surface area contributed by atoms with Crippen LogP contribution in [-0.4, -0.2) is 24.9 Å². The fourth-order valence-corrected chi connectivity index (χ4v) is 0.757. The smallest absolute Gasteiger partial charge is 0.209 e. The van der Waals surface area contributed by atoms with E-state index in [0.717, 1.165) is 12.0 Å². The van der Waals surface area contributed by atoms with Crippen LogP contribution in [0.15, 0.2) is 36.5 Å². The first kappa shape index (κ1) is 10.7. The van der Waals surface area contributed by atoms with Crippen molar-refractivity contribution in [2.45, 2.75) is 6.92 Å². The lowest BCUT2D eigenvalue weighted by Crippen LogP contribution is -2.18. The molecule has 0 rings (SSSR count). The van der Waals surface area contributed by atoms with Crippen molar-refractivity contribution in [3.63, 3.8) is 0 Å². The van der Waals surface area contributed by atoms with Crippen LogP contribution in [0, 0.1) is 0 Å². The molecule has 0 saturated carbocycles. The van der Waals surface area contributed by atoms with Gasteiger partial charge in [0.25, 0.3) is 0 Å². The molecule has 0 unspecified atom stereocenters. The molecule has 0 atom stereocenters. The minimum atomic E-state index is 0.643. The molecule has 0 aliphatic carbocycles. The fourth-order valence-electron chi connectivity index (χ4n) is 0.757. The van der Waals surface area contributed by atoms with Gasteiger partial charge in [-0.3, -0.25) is 4.79 Å². The molecule has 0 bridgehead atoms. The summed E-state index contributed by atoms with van der Waals surface area (Å²) in [7, 11) is 1.75. The molecule has 2 nitrogen and oxygen atoms in total. The Morgan fingerprint density at radius 1 is 1.58 bits per heavy atom. The van der Waals surface area contributed by atoms with Gasteiger partial charge < -0.3 is 4.90 Å². The zero-order valence-electron chi connectivity index (χ0n) is 7.66. The van der Waals surface area contributed by atoms with Gasteiger partial charge in [0, 0.05) is 13.6 Å². The molecule has 0 saturated heterocycles. The minimum absolute atomic E-state index is 0.643. The number of hydrogen-bond donors (Lipinski definition) is 0. The molecule has 2 heteroatoms. The van der Waals surface area contributed by atoms with Crippen molar-refractivity contribution in [1.29, 1.82) is 0 Å². The van der Waals surface area contributed by atoms with Crippen LogP contribution in [0.1, 0.15) is 6.92 Å². The Kier molecular flexibility index (Phi) is 5.70. The van der Waals surface area contributed by atoms with Gasteiger partial charge in [0.05, 0.1) is 0 Å². The standard InChI is InChI=1S/C10H15NO/c1-4-6-7-10(5-2)8-11(3)9-12/h4-7,9H,1,8H2,2-3H3/b7-6-,10-5+. The van der Waals surface area contributed by atoms with Gasteiger partial charge in [-0.25, -0.2) is 0 Å². The summed E-state index contributed by atoms with van der Waals surface area (Å²) < 4.78 is 0. The van der Waals surface area contributed by atoms with Crippen LogP contribution in [0.4, 0.5) is 0 Å². The molecule has 0 aromatic heterocycles. The first-order chi connectivity index (χ1) is 5.74. The molecule has 0 heterocycles. The van der Waals surface area contributed by atoms with Gasteiger partial charge in [-0.2, -0.15) is 0 Å². The third kappa shape index (κ3) is 4.50. The number of likely N-dealkylation sites (N-methyl/N-ethyl adjacent to an activating group) is 1. The summed E-state index contributed by atoms with van der Waals surface area (Å²) in [5, 5.41) is 0. The molecular formula is C10H15NO. The molecule has 12 heavy (non-hydrogen) atoms. The Morgan fingerprint density at radius 3 is 2.67 bits per heavy atom. The lowest BCUT2D eigenvalue weighted by molar-refractivity contribution is -0.116. The second-order valence-corrected chi connectivity index (χ2v) is 2.48. The SMILES string of the molecule is C=C/C=C\C(=C/C)CN(C)C=O. The fraction of sp³-hybridized carbons (Fsp3) is 0.300. The second kappa shape index (κ2) is 6.40. The predicted molar refractivity (Wildman–Crippen MR) is 51.8 cm³/mol. The highest BCUT2D eigenvalue weighted by molar-refractivity contribution is 5.47. The summed E-state index contributed by atoms with van der Waals surface area (Å²) in [6.07, 6.45) is 8.29. The zero-order chi connectivity index (χ0) is 9.40. The van der Waals surface area contributed by atoms with E-state index in [9.17, 15) is 4.79 Å². The molecule has 0 aromatic rings. The van der Waals surface area contributed by atoms with E-state index in [2.05, 4.69) is 6.58 Å². The maximum Gasteiger partial charge on any atom is 0.209 e. The first-order valence-electron chi connectivity index (χ1n) is 3.84. The molecule has 0 fully saturated rings. The number of carbonyl (C=O) groups excluding carboxylic acids is 1. The van der Waals surface area contributed by atoms with E-state index in [1.165, 1.54) is 0 Å². The van der Waals surface area contributed by atoms with Gasteiger partial charge in [-0.15, -0.1) is 0 Å². The van der Waals surface area contributed by atoms with E-state index in [4.69, 9.17) is 0 Å². The molecule has 0 spiro atoms. The van der Waals surface area contributed by atoms with Gasteiger partial charge in [-0.1, -0.05) is 30.9 Å². The highest BCUT2D eigenvalue weighted by Gasteiger charge is 1.94. The highest BCUT2D eigenvalue weighted by Crippen LogP contribution is 1.98. The summed E-state index contributed by atoms with van der Waals surface area (Å²) in [5.74, 6) is 0. The normalized spacial score (nSPS) is 11.7. The maximum absolute atomic E-state index is 10.3. The Labute approximate surface area is 73.9 Å². The summed E-state index contributed by atoms with van der Waals surface area (Å²) in [6.45, 7) is 6.16. The Balaban J connectivity index is 4.09. The highest BCUT2D eigenvalue weighted by atomic mass is 16.1. The van der Waals surface area contributed by atoms with Gasteiger partial charge in [0.2, 0.25) is 6.41 Å². The summed E-state index contributed by atoms with van der Waals surface area (Å²) >= 11 is 0. The quantitative estimate of drug-likeness (QED) is 0.449. The Morgan fingerprint density at radius 2 is 2.25 bits per heavy atom. The first-order valence-corrected chi connectivity index (χ1v) is 3.84. The summed E-state index contributed by atoms with van der Waals surface area (Å²) in [5.41, 5.74) is 1.10. The largest absolute Gasteiger partial charge is 0.344 e. The molecule has 1 amide bonds. The average molecular weight is 165 g/mol. The van der Waals surface area contributed by atoms with Crippen molar-refractivity contribution in [3.05, 3.63) is 36.5 Å². The van der Waals surface area contributed by atoms with Crippen LogP contribution in [-0.2, 0) is 4.79 Å². The Hall–Kier alpha value is -1.31. The van der Waals surface area contributed by atoms with Gasteiger partial charge in [0.1, 0.15) is 0 Å². The van der Waals surface area contributed by atoms with Crippen LogP contribution in [0.2, 0.25) is 0 Å². The van der Waals surface area contributed by atoms with Crippen molar-refractivity contribution >= 4 is 6.41 Å². The number of hydrogen-bond acceptors (Lipinski definition) is 1. The van der Waals surface area contributed by atoms with Crippen LogP contribution in [0.3, 0.4) is 0 Å². The number of allylic oxidation sites excluding steroid dienone is 3. The van der Waals surface area contributed by atoms with Crippen molar-refractivity contribution in [3.8, 4) is 0 Å². The molecule has 0 N–H and O–H groups in total. The van der Waals surface area contributed by atoms with E-state index in [1.54, 1.807) is 18.0 Å². The third-order valence-corrected chi connectivity index (χ3v) is 1.43. The van der Waals surface area contributed by atoms with E-state index in [1.807, 2.05) is 25.2 Å². The number of nitrogens with zero attached hydrogens (tertiary/aromatic N) is 1. The minimum Gasteiger partial charge on any atom is -0.344 e. The van der Waals surface area contributed by atoms with Crippen LogP contribution >= 0.6 is 0 Å². The van der Waals surface area contributed by atoms with E-state index >= 15 is 0 Å². The molecule has 0 aliphatic rings. The molecule has 0 aliphatic heterocycles. The van der Waals surface area contributed by atoms with Crippen molar-refractivity contribution in [1.82, 2.24) is 4.90 Å². The van der Waals surface area contributed by atoms with E-state index in [-0.39, 0.29) is 0 Å². The monoisotopic (exact) mass is 165 g/mol. The van der Waals surface area contributed by atoms with Crippen molar-refractivity contribution in [2.24, 2.45) is 0 Å². The van der Waals surface area contributed by atoms with Crippen LogP contribution in [0.25, 0.3) is 0 Å². The predicted octanol–water partition coefficient (Wildman–Crippen LogP) is 1.76. The van der Waals surface area contributed by atoms with E-state index in [0.29, 0.717) is 6.54 Å². The lowest BCUT2D eigenvalue weighted by atomic mass is 10.2. The van der Waals surface area contributed by atoms with Gasteiger partial charge in [-0.05, 0) is 12.5 Å². The molecular weight excluding hydrogens is 150 g/mol. The molecule has 0 radical (unpaired) electrons. The summed E-state index contributed by atoms with van der Waals surface area (Å²) in [4.78, 5) is 11.9. The third-order valence-electron chi connectivity index (χ3n) is 1.43. The van der Waals surface area contributed by atoms with Gasteiger partial charge >= 0.3 is 0 Å². The maximum atomic E-state index is 10.3. The zero-order valence-corrected chi connectivity index (χ0v) is 7.66. The van der Waals surface area contributed by atoms with Crippen molar-refractivity contribution in [2.75, 3.05) is 13.6 Å². The number of rotatable bonds is 5. The van der Waals surface area contributed by atoms with E-state index < -0.39 is 0 Å². The average Bonchev–Trinajstić information content (AvgIpc) is 2.11.